The molecule has 4 nitrogen and oxygen atoms in total. The van der Waals surface area contributed by atoms with Crippen molar-refractivity contribution in [3.05, 3.63) is 58.7 Å². The predicted molar refractivity (Wildman–Crippen MR) is 80.6 cm³/mol. The summed E-state index contributed by atoms with van der Waals surface area (Å²) in [5, 5.41) is 37.4. The van der Waals surface area contributed by atoms with E-state index in [1.54, 1.807) is 18.2 Å². The Bertz CT molecular complexity index is 608. The second-order valence-electron chi connectivity index (χ2n) is 5.04. The molecule has 0 unspecified atom stereocenters. The molecule has 21 heavy (non-hydrogen) atoms. The van der Waals surface area contributed by atoms with Gasteiger partial charge in [0.05, 0.1) is 0 Å². The molecule has 0 amide bonds. The lowest BCUT2D eigenvalue weighted by Crippen LogP contribution is -2.00. The second kappa shape index (κ2) is 7.11. The number of hydrogen-bond acceptors (Lipinski definition) is 4. The third kappa shape index (κ3) is 3.97. The fourth-order valence-electron chi connectivity index (χ4n) is 2.43. The molecule has 0 aromatic heterocycles. The maximum atomic E-state index is 9.73. The van der Waals surface area contributed by atoms with Crippen LogP contribution < -0.4 is 0 Å². The summed E-state index contributed by atoms with van der Waals surface area (Å²) in [7, 11) is 0. The summed E-state index contributed by atoms with van der Waals surface area (Å²) in [6.07, 6.45) is 1.55. The van der Waals surface area contributed by atoms with Crippen LogP contribution in [0.3, 0.4) is 0 Å². The Morgan fingerprint density at radius 1 is 0.714 bits per heavy atom. The standard InChI is InChI=1S/C17H20O4/c18-7-5-14-11-16(20)3-2-13(14)9-12-1-4-17(21)15(10-12)6-8-19/h1-4,10-11,18-21H,5-9H2. The lowest BCUT2D eigenvalue weighted by molar-refractivity contribution is 0.297. The molecule has 4 heteroatoms. The monoisotopic (exact) mass is 288 g/mol. The second-order valence-corrected chi connectivity index (χ2v) is 5.04. The Kier molecular flexibility index (Phi) is 5.20. The van der Waals surface area contributed by atoms with Gasteiger partial charge in [-0.15, -0.1) is 0 Å². The number of aliphatic hydroxyl groups is 2. The van der Waals surface area contributed by atoms with Gasteiger partial charge in [0.25, 0.3) is 0 Å². The van der Waals surface area contributed by atoms with E-state index in [1.807, 2.05) is 18.2 Å². The summed E-state index contributed by atoms with van der Waals surface area (Å²) in [4.78, 5) is 0. The molecule has 0 saturated heterocycles. The van der Waals surface area contributed by atoms with Gasteiger partial charge >= 0.3 is 0 Å². The van der Waals surface area contributed by atoms with Gasteiger partial charge in [-0.25, -0.2) is 0 Å². The topological polar surface area (TPSA) is 80.9 Å². The lowest BCUT2D eigenvalue weighted by Gasteiger charge is -2.11. The van der Waals surface area contributed by atoms with Gasteiger partial charge in [0.1, 0.15) is 11.5 Å². The van der Waals surface area contributed by atoms with E-state index in [9.17, 15) is 10.2 Å². The van der Waals surface area contributed by atoms with Gasteiger partial charge in [0.2, 0.25) is 0 Å². The van der Waals surface area contributed by atoms with E-state index < -0.39 is 0 Å². The number of hydrogen-bond donors (Lipinski definition) is 4. The average Bonchev–Trinajstić information content (AvgIpc) is 2.46. The highest BCUT2D eigenvalue weighted by molar-refractivity contribution is 5.42. The Morgan fingerprint density at radius 3 is 2.14 bits per heavy atom. The minimum absolute atomic E-state index is 0.00795. The van der Waals surface area contributed by atoms with E-state index in [0.717, 1.165) is 22.3 Å². The largest absolute Gasteiger partial charge is 0.508 e. The molecule has 2 aromatic carbocycles. The van der Waals surface area contributed by atoms with E-state index in [0.29, 0.717) is 19.3 Å². The molecule has 0 spiro atoms. The first-order valence-electron chi connectivity index (χ1n) is 6.97. The van der Waals surface area contributed by atoms with Gasteiger partial charge < -0.3 is 20.4 Å². The minimum atomic E-state index is -0.00795. The first-order valence-corrected chi connectivity index (χ1v) is 6.97. The third-order valence-corrected chi connectivity index (χ3v) is 3.49. The van der Waals surface area contributed by atoms with Gasteiger partial charge in [0, 0.05) is 13.2 Å². The van der Waals surface area contributed by atoms with Crippen molar-refractivity contribution in [2.24, 2.45) is 0 Å². The van der Waals surface area contributed by atoms with E-state index in [-0.39, 0.29) is 24.7 Å². The number of aromatic hydroxyl groups is 2. The van der Waals surface area contributed by atoms with Crippen molar-refractivity contribution in [1.29, 1.82) is 0 Å². The van der Waals surface area contributed by atoms with Crippen LogP contribution in [0.5, 0.6) is 11.5 Å². The molecule has 0 atom stereocenters. The first-order chi connectivity index (χ1) is 10.1. The molecule has 4 N–H and O–H groups in total. The Balaban J connectivity index is 2.27. The van der Waals surface area contributed by atoms with Crippen LogP contribution in [-0.2, 0) is 19.3 Å². The van der Waals surface area contributed by atoms with Crippen molar-refractivity contribution in [3.63, 3.8) is 0 Å². The fraction of sp³-hybridized carbons (Fsp3) is 0.294. The van der Waals surface area contributed by atoms with E-state index in [2.05, 4.69) is 0 Å². The molecule has 0 saturated carbocycles. The molecular formula is C17H20O4. The average molecular weight is 288 g/mol. The van der Waals surface area contributed by atoms with Gasteiger partial charge in [-0.1, -0.05) is 18.2 Å². The third-order valence-electron chi connectivity index (χ3n) is 3.49. The van der Waals surface area contributed by atoms with Crippen molar-refractivity contribution in [2.75, 3.05) is 13.2 Å². The van der Waals surface area contributed by atoms with Crippen LogP contribution in [-0.4, -0.2) is 33.6 Å². The predicted octanol–water partition coefficient (Wildman–Crippen LogP) is 1.76. The normalized spacial score (nSPS) is 10.8. The quantitative estimate of drug-likeness (QED) is 0.653. The number of benzene rings is 2. The van der Waals surface area contributed by atoms with Crippen molar-refractivity contribution < 1.29 is 20.4 Å². The zero-order valence-electron chi connectivity index (χ0n) is 11.8. The molecule has 112 valence electrons. The van der Waals surface area contributed by atoms with Crippen molar-refractivity contribution in [3.8, 4) is 11.5 Å². The Hall–Kier alpha value is -2.04. The molecular weight excluding hydrogens is 268 g/mol. The number of phenols is 2. The van der Waals surface area contributed by atoms with Crippen molar-refractivity contribution >= 4 is 0 Å². The van der Waals surface area contributed by atoms with Crippen LogP contribution in [0, 0.1) is 0 Å². The SMILES string of the molecule is OCCc1cc(Cc2ccc(O)cc2CCO)ccc1O. The molecule has 2 aromatic rings. The maximum Gasteiger partial charge on any atom is 0.118 e. The van der Waals surface area contributed by atoms with Crippen LogP contribution in [0.15, 0.2) is 36.4 Å². The summed E-state index contributed by atoms with van der Waals surface area (Å²) in [5.41, 5.74) is 3.68. The molecule has 0 radical (unpaired) electrons. The molecule has 2 rings (SSSR count). The van der Waals surface area contributed by atoms with Gasteiger partial charge in [0.15, 0.2) is 0 Å². The smallest absolute Gasteiger partial charge is 0.118 e. The van der Waals surface area contributed by atoms with Gasteiger partial charge in [-0.05, 0) is 59.7 Å². The van der Waals surface area contributed by atoms with Crippen LogP contribution in [0.4, 0.5) is 0 Å². The van der Waals surface area contributed by atoms with Crippen LogP contribution >= 0.6 is 0 Å². The fourth-order valence-corrected chi connectivity index (χ4v) is 2.43. The molecule has 0 aliphatic carbocycles. The Morgan fingerprint density at radius 2 is 1.43 bits per heavy atom. The molecule has 0 aliphatic rings. The molecule has 0 bridgehead atoms. The molecule has 0 aliphatic heterocycles. The van der Waals surface area contributed by atoms with Crippen molar-refractivity contribution in [1.82, 2.24) is 0 Å². The van der Waals surface area contributed by atoms with Gasteiger partial charge in [-0.3, -0.25) is 0 Å². The summed E-state index contributed by atoms with van der Waals surface area (Å²) < 4.78 is 0. The summed E-state index contributed by atoms with van der Waals surface area (Å²) in [6.45, 7) is 0.0216. The number of aliphatic hydroxyl groups excluding tert-OH is 2. The first kappa shape index (κ1) is 15.4. The van der Waals surface area contributed by atoms with E-state index >= 15 is 0 Å². The van der Waals surface area contributed by atoms with Gasteiger partial charge in [-0.2, -0.15) is 0 Å². The summed E-state index contributed by atoms with van der Waals surface area (Å²) >= 11 is 0. The highest BCUT2D eigenvalue weighted by Gasteiger charge is 2.07. The lowest BCUT2D eigenvalue weighted by atomic mass is 9.96. The van der Waals surface area contributed by atoms with Crippen LogP contribution in [0.1, 0.15) is 22.3 Å². The highest BCUT2D eigenvalue weighted by atomic mass is 16.3. The van der Waals surface area contributed by atoms with Crippen molar-refractivity contribution in [2.45, 2.75) is 19.3 Å². The minimum Gasteiger partial charge on any atom is -0.508 e. The van der Waals surface area contributed by atoms with E-state index in [4.69, 9.17) is 10.2 Å². The highest BCUT2D eigenvalue weighted by Crippen LogP contribution is 2.24. The summed E-state index contributed by atoms with van der Waals surface area (Å²) in [5.74, 6) is 0.378. The zero-order chi connectivity index (χ0) is 15.2. The zero-order valence-corrected chi connectivity index (χ0v) is 11.8. The Labute approximate surface area is 123 Å². The molecule has 0 fully saturated rings. The van der Waals surface area contributed by atoms with E-state index in [1.165, 1.54) is 0 Å². The number of phenolic OH excluding ortho intramolecular Hbond substituents is 2. The number of rotatable bonds is 6. The van der Waals surface area contributed by atoms with Crippen LogP contribution in [0.2, 0.25) is 0 Å². The van der Waals surface area contributed by atoms with Crippen LogP contribution in [0.25, 0.3) is 0 Å². The maximum absolute atomic E-state index is 9.73. The molecule has 0 heterocycles. The summed E-state index contributed by atoms with van der Waals surface area (Å²) in [6, 6.07) is 10.5.